The number of fused-ring (bicyclic) bond motifs is 1. The number of rotatable bonds is 3. The van der Waals surface area contributed by atoms with Crippen molar-refractivity contribution in [3.05, 3.63) is 11.6 Å². The Bertz CT molecular complexity index is 356. The van der Waals surface area contributed by atoms with Crippen LogP contribution in [0.5, 0.6) is 0 Å². The van der Waals surface area contributed by atoms with Crippen LogP contribution < -0.4 is 0 Å². The predicted octanol–water partition coefficient (Wildman–Crippen LogP) is 2.70. The van der Waals surface area contributed by atoms with Gasteiger partial charge < -0.3 is 9.47 Å². The first kappa shape index (κ1) is 12.8. The quantitative estimate of drug-likeness (QED) is 0.560. The lowest BCUT2D eigenvalue weighted by Crippen LogP contribution is -2.44. The molecule has 3 heteroatoms. The third kappa shape index (κ3) is 1.85. The summed E-state index contributed by atoms with van der Waals surface area (Å²) in [6, 6.07) is 0. The van der Waals surface area contributed by atoms with Gasteiger partial charge in [-0.3, -0.25) is 4.79 Å². The molecule has 0 radical (unpaired) electrons. The first-order chi connectivity index (χ1) is 7.93. The van der Waals surface area contributed by atoms with Gasteiger partial charge in [-0.05, 0) is 26.7 Å². The second kappa shape index (κ2) is 4.21. The van der Waals surface area contributed by atoms with E-state index in [1.807, 2.05) is 13.8 Å². The number of carbonyl (C=O) groups excluding carboxylic acids is 1. The van der Waals surface area contributed by atoms with Crippen LogP contribution in [-0.2, 0) is 14.3 Å². The average molecular weight is 238 g/mol. The summed E-state index contributed by atoms with van der Waals surface area (Å²) in [4.78, 5) is 12.0. The molecule has 2 atom stereocenters. The van der Waals surface area contributed by atoms with Crippen LogP contribution >= 0.6 is 0 Å². The average Bonchev–Trinajstić information content (AvgIpc) is 2.61. The summed E-state index contributed by atoms with van der Waals surface area (Å²) in [5.41, 5.74) is 0.955. The molecule has 0 aromatic heterocycles. The maximum absolute atomic E-state index is 12.0. The SMILES string of the molecule is COCOC1CC=C2C(C)(C)C(=O)CCC21C. The van der Waals surface area contributed by atoms with Crippen LogP contribution in [0.3, 0.4) is 0 Å². The topological polar surface area (TPSA) is 35.5 Å². The fraction of sp³-hybridized carbons (Fsp3) is 0.786. The lowest BCUT2D eigenvalue weighted by Gasteiger charge is -2.45. The molecule has 2 aliphatic carbocycles. The van der Waals surface area contributed by atoms with Gasteiger partial charge in [-0.15, -0.1) is 0 Å². The molecule has 96 valence electrons. The molecule has 0 saturated heterocycles. The summed E-state index contributed by atoms with van der Waals surface area (Å²) in [5.74, 6) is 0.355. The van der Waals surface area contributed by atoms with Crippen LogP contribution in [0, 0.1) is 10.8 Å². The highest BCUT2D eigenvalue weighted by Gasteiger charge is 2.52. The van der Waals surface area contributed by atoms with Crippen molar-refractivity contribution in [2.45, 2.75) is 46.1 Å². The van der Waals surface area contributed by atoms with Gasteiger partial charge >= 0.3 is 0 Å². The van der Waals surface area contributed by atoms with E-state index in [-0.39, 0.29) is 16.9 Å². The number of Topliss-reactive ketones (excluding diaryl/α,β-unsaturated/α-hetero) is 1. The van der Waals surface area contributed by atoms with Crippen molar-refractivity contribution in [1.82, 2.24) is 0 Å². The van der Waals surface area contributed by atoms with Gasteiger partial charge in [-0.2, -0.15) is 0 Å². The molecule has 1 saturated carbocycles. The zero-order chi connectivity index (χ0) is 12.7. The first-order valence-electron chi connectivity index (χ1n) is 6.28. The summed E-state index contributed by atoms with van der Waals surface area (Å²) in [7, 11) is 1.64. The van der Waals surface area contributed by atoms with E-state index in [1.165, 1.54) is 5.57 Å². The third-order valence-corrected chi connectivity index (χ3v) is 4.49. The second-order valence-electron chi connectivity index (χ2n) is 5.88. The lowest BCUT2D eigenvalue weighted by atomic mass is 9.60. The van der Waals surface area contributed by atoms with E-state index < -0.39 is 0 Å². The number of hydrogen-bond donors (Lipinski definition) is 0. The molecule has 2 unspecified atom stereocenters. The zero-order valence-electron chi connectivity index (χ0n) is 11.2. The molecule has 0 aromatic carbocycles. The van der Waals surface area contributed by atoms with Gasteiger partial charge in [0, 0.05) is 24.4 Å². The molecule has 1 fully saturated rings. The lowest BCUT2D eigenvalue weighted by molar-refractivity contribution is -0.134. The molecule has 0 amide bonds. The van der Waals surface area contributed by atoms with E-state index >= 15 is 0 Å². The Balaban J connectivity index is 2.23. The molecule has 2 rings (SSSR count). The van der Waals surface area contributed by atoms with E-state index in [1.54, 1.807) is 7.11 Å². The molecule has 3 nitrogen and oxygen atoms in total. The molecule has 0 aromatic rings. The van der Waals surface area contributed by atoms with Gasteiger partial charge in [0.25, 0.3) is 0 Å². The fourth-order valence-electron chi connectivity index (χ4n) is 3.39. The summed E-state index contributed by atoms with van der Waals surface area (Å²) in [6.07, 6.45) is 4.82. The molecular weight excluding hydrogens is 216 g/mol. The highest BCUT2D eigenvalue weighted by atomic mass is 16.7. The van der Waals surface area contributed by atoms with Crippen molar-refractivity contribution in [2.75, 3.05) is 13.9 Å². The Morgan fingerprint density at radius 1 is 1.41 bits per heavy atom. The second-order valence-corrected chi connectivity index (χ2v) is 5.88. The normalized spacial score (nSPS) is 35.6. The fourth-order valence-corrected chi connectivity index (χ4v) is 3.39. The Hall–Kier alpha value is -0.670. The minimum Gasteiger partial charge on any atom is -0.359 e. The van der Waals surface area contributed by atoms with Gasteiger partial charge in [0.2, 0.25) is 0 Å². The molecule has 0 N–H and O–H groups in total. The minimum atomic E-state index is -0.321. The van der Waals surface area contributed by atoms with Crippen molar-refractivity contribution in [3.63, 3.8) is 0 Å². The van der Waals surface area contributed by atoms with E-state index in [9.17, 15) is 4.79 Å². The van der Waals surface area contributed by atoms with Gasteiger partial charge in [0.1, 0.15) is 12.6 Å². The minimum absolute atomic E-state index is 0.00986. The van der Waals surface area contributed by atoms with Crippen molar-refractivity contribution < 1.29 is 14.3 Å². The Kier molecular flexibility index (Phi) is 3.17. The largest absolute Gasteiger partial charge is 0.359 e. The standard InChI is InChI=1S/C14H22O3/c1-13(2)10-5-6-12(17-9-16-4)14(10,3)8-7-11(13)15/h5,12H,6-9H2,1-4H3. The van der Waals surface area contributed by atoms with E-state index in [4.69, 9.17) is 9.47 Å². The summed E-state index contributed by atoms with van der Waals surface area (Å²) < 4.78 is 10.8. The Labute approximate surface area is 103 Å². The van der Waals surface area contributed by atoms with Crippen LogP contribution in [0.4, 0.5) is 0 Å². The highest BCUT2D eigenvalue weighted by molar-refractivity contribution is 5.89. The smallest absolute Gasteiger partial charge is 0.146 e. The maximum atomic E-state index is 12.0. The van der Waals surface area contributed by atoms with Crippen LogP contribution in [-0.4, -0.2) is 25.8 Å². The number of ether oxygens (including phenoxy) is 2. The number of ketones is 1. The van der Waals surface area contributed by atoms with Crippen molar-refractivity contribution in [3.8, 4) is 0 Å². The maximum Gasteiger partial charge on any atom is 0.146 e. The number of carbonyl (C=O) groups is 1. The van der Waals surface area contributed by atoms with Crippen LogP contribution in [0.2, 0.25) is 0 Å². The van der Waals surface area contributed by atoms with Crippen LogP contribution in [0.1, 0.15) is 40.0 Å². The summed E-state index contributed by atoms with van der Waals surface area (Å²) in [5, 5.41) is 0. The molecule has 2 aliphatic rings. The Morgan fingerprint density at radius 2 is 2.12 bits per heavy atom. The first-order valence-corrected chi connectivity index (χ1v) is 6.28. The van der Waals surface area contributed by atoms with Crippen LogP contribution in [0.25, 0.3) is 0 Å². The molecule has 0 bridgehead atoms. The van der Waals surface area contributed by atoms with E-state index in [0.29, 0.717) is 19.0 Å². The number of methoxy groups -OCH3 is 1. The van der Waals surface area contributed by atoms with Crippen LogP contribution in [0.15, 0.2) is 11.6 Å². The predicted molar refractivity (Wildman–Crippen MR) is 65.6 cm³/mol. The van der Waals surface area contributed by atoms with E-state index in [2.05, 4.69) is 13.0 Å². The monoisotopic (exact) mass is 238 g/mol. The van der Waals surface area contributed by atoms with Gasteiger partial charge in [0.15, 0.2) is 0 Å². The molecule has 0 aliphatic heterocycles. The Morgan fingerprint density at radius 3 is 2.76 bits per heavy atom. The molecule has 0 heterocycles. The van der Waals surface area contributed by atoms with Crippen molar-refractivity contribution >= 4 is 5.78 Å². The molecule has 0 spiro atoms. The third-order valence-electron chi connectivity index (χ3n) is 4.49. The molecular formula is C14H22O3. The van der Waals surface area contributed by atoms with Crippen molar-refractivity contribution in [2.24, 2.45) is 10.8 Å². The number of hydrogen-bond acceptors (Lipinski definition) is 3. The summed E-state index contributed by atoms with van der Waals surface area (Å²) in [6.45, 7) is 6.63. The van der Waals surface area contributed by atoms with Gasteiger partial charge in [-0.1, -0.05) is 18.6 Å². The van der Waals surface area contributed by atoms with Gasteiger partial charge in [-0.25, -0.2) is 0 Å². The zero-order valence-corrected chi connectivity index (χ0v) is 11.2. The van der Waals surface area contributed by atoms with Gasteiger partial charge in [0.05, 0.1) is 6.10 Å². The van der Waals surface area contributed by atoms with E-state index in [0.717, 1.165) is 12.8 Å². The highest BCUT2D eigenvalue weighted by Crippen LogP contribution is 2.55. The summed E-state index contributed by atoms with van der Waals surface area (Å²) >= 11 is 0. The molecule has 17 heavy (non-hydrogen) atoms. The van der Waals surface area contributed by atoms with Crippen molar-refractivity contribution in [1.29, 1.82) is 0 Å².